The molecule has 3 fully saturated rings. The highest BCUT2D eigenvalue weighted by Gasteiger charge is 2.51. The van der Waals surface area contributed by atoms with Gasteiger partial charge in [-0.25, -0.2) is 0 Å². The normalized spacial score (nSPS) is 29.7. The van der Waals surface area contributed by atoms with E-state index in [2.05, 4.69) is 0 Å². The second kappa shape index (κ2) is 11.2. The maximum atomic E-state index is 12.2. The quantitative estimate of drug-likeness (QED) is 0.404. The van der Waals surface area contributed by atoms with Gasteiger partial charge in [0, 0.05) is 0 Å². The van der Waals surface area contributed by atoms with Gasteiger partial charge < -0.3 is 9.47 Å². The van der Waals surface area contributed by atoms with Crippen LogP contribution in [-0.4, -0.2) is 59.6 Å². The van der Waals surface area contributed by atoms with Crippen LogP contribution in [0.2, 0.25) is 0 Å². The van der Waals surface area contributed by atoms with Crippen LogP contribution >= 0.6 is 0 Å². The minimum Gasteiger partial charge on any atom is -0.342 e. The molecule has 0 spiro atoms. The second-order valence-corrected chi connectivity index (χ2v) is 13.9. The van der Waals surface area contributed by atoms with E-state index in [1.165, 1.54) is 12.8 Å². The molecule has 10 heteroatoms. The molecule has 2 aliphatic carbocycles. The fraction of sp³-hybridized carbons (Fsp3) is 1.00. The van der Waals surface area contributed by atoms with Crippen LogP contribution < -0.4 is 0 Å². The average molecular weight is 511 g/mol. The van der Waals surface area contributed by atoms with Gasteiger partial charge in [-0.05, 0) is 38.5 Å². The molecule has 1 heterocycles. The van der Waals surface area contributed by atoms with Crippen molar-refractivity contribution in [3.05, 3.63) is 0 Å². The maximum absolute atomic E-state index is 12.2. The Morgan fingerprint density at radius 2 is 1.03 bits per heavy atom. The molecule has 0 N–H and O–H groups in total. The van der Waals surface area contributed by atoms with Crippen molar-refractivity contribution >= 4 is 20.2 Å². The van der Waals surface area contributed by atoms with Crippen LogP contribution in [0, 0.1) is 11.8 Å². The predicted molar refractivity (Wildman–Crippen MR) is 126 cm³/mol. The molecule has 0 aromatic heterocycles. The van der Waals surface area contributed by atoms with Crippen molar-refractivity contribution in [1.82, 2.24) is 0 Å². The molecule has 1 saturated heterocycles. The van der Waals surface area contributed by atoms with Crippen LogP contribution in [0.15, 0.2) is 0 Å². The van der Waals surface area contributed by atoms with Crippen LogP contribution in [0.25, 0.3) is 0 Å². The summed E-state index contributed by atoms with van der Waals surface area (Å²) in [6.45, 7) is 3.52. The first kappa shape index (κ1) is 27.3. The molecule has 8 nitrogen and oxygen atoms in total. The highest BCUT2D eigenvalue weighted by atomic mass is 32.2. The van der Waals surface area contributed by atoms with E-state index in [1.807, 2.05) is 0 Å². The lowest BCUT2D eigenvalue weighted by Gasteiger charge is -2.34. The van der Waals surface area contributed by atoms with Crippen LogP contribution in [0.4, 0.5) is 0 Å². The Morgan fingerprint density at radius 1 is 0.697 bits per heavy atom. The number of ether oxygens (including phenoxy) is 2. The van der Waals surface area contributed by atoms with Crippen LogP contribution in [-0.2, 0) is 38.1 Å². The molecule has 0 radical (unpaired) electrons. The summed E-state index contributed by atoms with van der Waals surface area (Å²) in [5.41, 5.74) is 0. The molecule has 194 valence electrons. The molecule has 2 saturated carbocycles. The average Bonchev–Trinajstić information content (AvgIpc) is 3.02. The lowest BCUT2D eigenvalue weighted by Crippen LogP contribution is -2.47. The topological polar surface area (TPSA) is 105 Å². The van der Waals surface area contributed by atoms with Gasteiger partial charge in [-0.15, -0.1) is 0 Å². The van der Waals surface area contributed by atoms with Gasteiger partial charge in [-0.2, -0.15) is 16.8 Å². The van der Waals surface area contributed by atoms with E-state index >= 15 is 0 Å². The van der Waals surface area contributed by atoms with Crippen molar-refractivity contribution in [2.75, 3.05) is 12.5 Å². The standard InChI is InChI=1S/C23H42O8S2/c1-23(2)28-21(19(30-32(3,24)25)15-17-11-7-5-8-12-17)22(29-23)20(31-33(4,26)27)16-18-13-9-6-10-14-18/h17-22H,5-16H2,1-4H3/t19-,20-,21-,22-/m1/s1. The van der Waals surface area contributed by atoms with E-state index < -0.39 is 50.4 Å². The number of hydrogen-bond acceptors (Lipinski definition) is 8. The summed E-state index contributed by atoms with van der Waals surface area (Å²) in [6.07, 6.45) is 11.1. The Morgan fingerprint density at radius 3 is 1.33 bits per heavy atom. The molecular formula is C23H42O8S2. The fourth-order valence-corrected chi connectivity index (χ4v) is 7.07. The Balaban J connectivity index is 1.88. The molecule has 1 aliphatic heterocycles. The molecule has 4 atom stereocenters. The van der Waals surface area contributed by atoms with E-state index in [1.54, 1.807) is 13.8 Å². The maximum Gasteiger partial charge on any atom is 0.264 e. The van der Waals surface area contributed by atoms with E-state index in [0.29, 0.717) is 24.7 Å². The smallest absolute Gasteiger partial charge is 0.264 e. The Bertz CT molecular complexity index is 759. The van der Waals surface area contributed by atoms with Gasteiger partial charge in [0.05, 0.1) is 12.5 Å². The van der Waals surface area contributed by atoms with Gasteiger partial charge in [0.25, 0.3) is 20.2 Å². The summed E-state index contributed by atoms with van der Waals surface area (Å²) in [5.74, 6) is -0.329. The van der Waals surface area contributed by atoms with Crippen LogP contribution in [0.1, 0.15) is 90.9 Å². The Kier molecular flexibility index (Phi) is 9.28. The SMILES string of the molecule is CC1(C)O[C@H]([C@@H](CC2CCCCC2)OS(C)(=O)=O)[C@@H]([C@@H](CC2CCCCC2)OS(C)(=O)=O)O1. The van der Waals surface area contributed by atoms with Gasteiger partial charge in [0.15, 0.2) is 5.79 Å². The van der Waals surface area contributed by atoms with Crippen molar-refractivity contribution in [1.29, 1.82) is 0 Å². The third kappa shape index (κ3) is 9.04. The lowest BCUT2D eigenvalue weighted by atomic mass is 9.81. The van der Waals surface area contributed by atoms with Gasteiger partial charge in [0.2, 0.25) is 0 Å². The molecule has 0 bridgehead atoms. The molecule has 0 amide bonds. The molecule has 0 aromatic carbocycles. The van der Waals surface area contributed by atoms with Crippen molar-refractivity contribution in [3.63, 3.8) is 0 Å². The minimum atomic E-state index is -3.75. The highest BCUT2D eigenvalue weighted by Crippen LogP contribution is 2.40. The third-order valence-corrected chi connectivity index (χ3v) is 8.27. The Labute approximate surface area is 200 Å². The van der Waals surface area contributed by atoms with Gasteiger partial charge in [-0.1, -0.05) is 64.2 Å². The third-order valence-electron chi connectivity index (χ3n) is 7.07. The fourth-order valence-electron chi connectivity index (χ4n) is 5.80. The van der Waals surface area contributed by atoms with Crippen molar-refractivity contribution < 1.29 is 34.7 Å². The van der Waals surface area contributed by atoms with E-state index in [0.717, 1.165) is 63.9 Å². The van der Waals surface area contributed by atoms with E-state index in [4.69, 9.17) is 17.8 Å². The molecular weight excluding hydrogens is 468 g/mol. The Hall–Kier alpha value is -0.260. The van der Waals surface area contributed by atoms with Gasteiger partial charge in [0.1, 0.15) is 24.4 Å². The molecule has 3 rings (SSSR count). The monoisotopic (exact) mass is 510 g/mol. The summed E-state index contributed by atoms with van der Waals surface area (Å²) in [7, 11) is -7.51. The van der Waals surface area contributed by atoms with Crippen LogP contribution in [0.5, 0.6) is 0 Å². The predicted octanol–water partition coefficient (Wildman–Crippen LogP) is 4.14. The summed E-state index contributed by atoms with van der Waals surface area (Å²) in [4.78, 5) is 0. The van der Waals surface area contributed by atoms with Crippen molar-refractivity contribution in [3.8, 4) is 0 Å². The van der Waals surface area contributed by atoms with E-state index in [9.17, 15) is 16.8 Å². The van der Waals surface area contributed by atoms with Crippen molar-refractivity contribution in [2.45, 2.75) is 121 Å². The summed E-state index contributed by atoms with van der Waals surface area (Å²) < 4.78 is 72.3. The first-order chi connectivity index (χ1) is 15.3. The molecule has 0 aromatic rings. The molecule has 33 heavy (non-hydrogen) atoms. The second-order valence-electron chi connectivity index (χ2n) is 10.7. The van der Waals surface area contributed by atoms with Crippen LogP contribution in [0.3, 0.4) is 0 Å². The first-order valence-electron chi connectivity index (χ1n) is 12.4. The summed E-state index contributed by atoms with van der Waals surface area (Å²) >= 11 is 0. The minimum absolute atomic E-state index is 0.339. The number of hydrogen-bond donors (Lipinski definition) is 0. The zero-order chi connectivity index (χ0) is 24.3. The summed E-state index contributed by atoms with van der Waals surface area (Å²) in [5, 5.41) is 0. The zero-order valence-electron chi connectivity index (χ0n) is 20.5. The summed E-state index contributed by atoms with van der Waals surface area (Å²) in [6, 6.07) is 0. The van der Waals surface area contributed by atoms with Crippen molar-refractivity contribution in [2.24, 2.45) is 11.8 Å². The largest absolute Gasteiger partial charge is 0.342 e. The lowest BCUT2D eigenvalue weighted by molar-refractivity contribution is -0.159. The molecule has 3 aliphatic rings. The number of rotatable bonds is 10. The molecule has 0 unspecified atom stereocenters. The van der Waals surface area contributed by atoms with Gasteiger partial charge >= 0.3 is 0 Å². The first-order valence-corrected chi connectivity index (χ1v) is 16.1. The highest BCUT2D eigenvalue weighted by molar-refractivity contribution is 7.86. The van der Waals surface area contributed by atoms with E-state index in [-0.39, 0.29) is 0 Å². The zero-order valence-corrected chi connectivity index (χ0v) is 22.2. The van der Waals surface area contributed by atoms with Gasteiger partial charge in [-0.3, -0.25) is 8.37 Å².